The summed E-state index contributed by atoms with van der Waals surface area (Å²) in [5.41, 5.74) is 0. The zero-order chi connectivity index (χ0) is 47.7. The number of rotatable bonds is 56. The minimum absolute atomic E-state index is 0.0590. The van der Waals surface area contributed by atoms with Crippen LogP contribution in [0.15, 0.2) is 36.5 Å². The highest BCUT2D eigenvalue weighted by molar-refractivity contribution is 5.76. The van der Waals surface area contributed by atoms with E-state index in [9.17, 15) is 15.0 Å². The molecule has 0 spiro atoms. The average molecular weight is 927 g/mol. The summed E-state index contributed by atoms with van der Waals surface area (Å²) in [5.74, 6) is -0.0590. The molecule has 0 aromatic carbocycles. The summed E-state index contributed by atoms with van der Waals surface area (Å²) in [6.45, 7) is 4.34. The Morgan fingerprint density at radius 2 is 0.621 bits per heavy atom. The second-order valence-corrected chi connectivity index (χ2v) is 20.8. The molecular weight excluding hydrogens is 807 g/mol. The maximum Gasteiger partial charge on any atom is 0.220 e. The maximum absolute atomic E-state index is 12.5. The normalized spacial score (nSPS) is 13.0. The molecule has 0 aromatic heterocycles. The number of hydrogen-bond donors (Lipinski definition) is 3. The smallest absolute Gasteiger partial charge is 0.220 e. The van der Waals surface area contributed by atoms with E-state index >= 15 is 0 Å². The fourth-order valence-electron chi connectivity index (χ4n) is 9.51. The van der Waals surface area contributed by atoms with Crippen LogP contribution < -0.4 is 5.32 Å². The van der Waals surface area contributed by atoms with E-state index < -0.39 is 12.1 Å². The van der Waals surface area contributed by atoms with Gasteiger partial charge in [0.2, 0.25) is 5.91 Å². The third kappa shape index (κ3) is 53.6. The van der Waals surface area contributed by atoms with Gasteiger partial charge < -0.3 is 15.5 Å². The van der Waals surface area contributed by atoms with E-state index in [-0.39, 0.29) is 12.5 Å². The van der Waals surface area contributed by atoms with Gasteiger partial charge in [0, 0.05) is 6.42 Å². The molecule has 0 aliphatic carbocycles. The van der Waals surface area contributed by atoms with Crippen molar-refractivity contribution in [3.8, 4) is 0 Å². The van der Waals surface area contributed by atoms with Gasteiger partial charge in [-0.3, -0.25) is 4.79 Å². The van der Waals surface area contributed by atoms with Crippen molar-refractivity contribution in [3.05, 3.63) is 36.5 Å². The molecule has 2 unspecified atom stereocenters. The van der Waals surface area contributed by atoms with E-state index in [0.717, 1.165) is 32.1 Å². The number of carbonyl (C=O) groups excluding carboxylic acids is 1. The van der Waals surface area contributed by atoms with Crippen molar-refractivity contribution in [2.45, 2.75) is 347 Å². The highest BCUT2D eigenvalue weighted by Gasteiger charge is 2.18. The summed E-state index contributed by atoms with van der Waals surface area (Å²) in [6.07, 6.45) is 79.0. The van der Waals surface area contributed by atoms with Gasteiger partial charge in [0.1, 0.15) is 0 Å². The van der Waals surface area contributed by atoms with Crippen LogP contribution in [0.5, 0.6) is 0 Å². The van der Waals surface area contributed by atoms with Gasteiger partial charge in [-0.15, -0.1) is 0 Å². The Balaban J connectivity index is 3.46. The van der Waals surface area contributed by atoms with Crippen LogP contribution in [0.25, 0.3) is 0 Å². The molecule has 0 aromatic rings. The Labute approximate surface area is 414 Å². The molecule has 0 saturated carbocycles. The first-order valence-corrected chi connectivity index (χ1v) is 30.2. The molecule has 0 heterocycles. The third-order valence-electron chi connectivity index (χ3n) is 14.1. The molecule has 0 bridgehead atoms. The number of amides is 1. The van der Waals surface area contributed by atoms with Crippen LogP contribution >= 0.6 is 0 Å². The second-order valence-electron chi connectivity index (χ2n) is 20.8. The molecule has 390 valence electrons. The lowest BCUT2D eigenvalue weighted by Crippen LogP contribution is -2.45. The number of unbranched alkanes of at least 4 members (excludes halogenated alkanes) is 45. The summed E-state index contributed by atoms with van der Waals surface area (Å²) in [5, 5.41) is 23.2. The fraction of sp³-hybridized carbons (Fsp3) is 0.887. The van der Waals surface area contributed by atoms with Crippen molar-refractivity contribution in [1.82, 2.24) is 5.32 Å². The van der Waals surface area contributed by atoms with Crippen LogP contribution in [0, 0.1) is 0 Å². The van der Waals surface area contributed by atoms with Crippen LogP contribution in [0.4, 0.5) is 0 Å². The van der Waals surface area contributed by atoms with Crippen molar-refractivity contribution < 1.29 is 15.0 Å². The van der Waals surface area contributed by atoms with E-state index in [1.807, 2.05) is 6.08 Å². The molecule has 66 heavy (non-hydrogen) atoms. The maximum atomic E-state index is 12.5. The van der Waals surface area contributed by atoms with Crippen LogP contribution in [0.2, 0.25) is 0 Å². The first-order chi connectivity index (χ1) is 32.7. The van der Waals surface area contributed by atoms with Crippen LogP contribution in [0.1, 0.15) is 335 Å². The lowest BCUT2D eigenvalue weighted by atomic mass is 10.0. The summed E-state index contributed by atoms with van der Waals surface area (Å²) < 4.78 is 0. The van der Waals surface area contributed by atoms with E-state index in [1.54, 1.807) is 6.08 Å². The average Bonchev–Trinajstić information content (AvgIpc) is 3.32. The Hall–Kier alpha value is -1.39. The van der Waals surface area contributed by atoms with Gasteiger partial charge in [-0.05, 0) is 51.4 Å². The molecule has 3 N–H and O–H groups in total. The number of aliphatic hydroxyl groups excluding tert-OH is 2. The molecule has 2 atom stereocenters. The molecule has 0 fully saturated rings. The summed E-state index contributed by atoms with van der Waals surface area (Å²) in [6, 6.07) is -0.623. The summed E-state index contributed by atoms with van der Waals surface area (Å²) in [7, 11) is 0. The molecule has 4 nitrogen and oxygen atoms in total. The summed E-state index contributed by atoms with van der Waals surface area (Å²) >= 11 is 0. The number of carbonyl (C=O) groups is 1. The fourth-order valence-corrected chi connectivity index (χ4v) is 9.51. The van der Waals surface area contributed by atoms with Crippen molar-refractivity contribution in [2.24, 2.45) is 0 Å². The van der Waals surface area contributed by atoms with Gasteiger partial charge >= 0.3 is 0 Å². The monoisotopic (exact) mass is 926 g/mol. The van der Waals surface area contributed by atoms with Gasteiger partial charge in [0.25, 0.3) is 0 Å². The third-order valence-corrected chi connectivity index (χ3v) is 14.1. The standard InChI is InChI=1S/C62H119NO3/c1-3-5-7-9-11-13-15-17-19-21-23-25-27-29-31-33-35-37-39-41-43-45-47-49-51-53-55-57-61(65)60(59-64)63-62(66)58-56-54-52-50-48-46-44-42-40-38-36-34-32-30-28-26-24-22-20-18-16-14-12-10-8-6-4-2/h16,18,22,24,55,57,60-61,64-65H,3-15,17,19-21,23,25-54,56,58-59H2,1-2H3,(H,63,66)/b18-16-,24-22-,57-55+. The molecule has 0 aliphatic rings. The minimum atomic E-state index is -0.840. The van der Waals surface area contributed by atoms with Gasteiger partial charge in [-0.25, -0.2) is 0 Å². The zero-order valence-corrected chi connectivity index (χ0v) is 45.0. The predicted molar refractivity (Wildman–Crippen MR) is 295 cm³/mol. The minimum Gasteiger partial charge on any atom is -0.394 e. The van der Waals surface area contributed by atoms with E-state index in [4.69, 9.17) is 0 Å². The lowest BCUT2D eigenvalue weighted by molar-refractivity contribution is -0.123. The van der Waals surface area contributed by atoms with Gasteiger partial charge in [-0.1, -0.05) is 314 Å². The highest BCUT2D eigenvalue weighted by atomic mass is 16.3. The number of hydrogen-bond acceptors (Lipinski definition) is 3. The summed E-state index contributed by atoms with van der Waals surface area (Å²) in [4.78, 5) is 12.5. The van der Waals surface area contributed by atoms with Crippen LogP contribution in [-0.4, -0.2) is 34.9 Å². The SMILES string of the molecule is CCCCCCC/C=C\C/C=C\CCCCCCCCCCCCCCCCCC(=O)NC(CO)C(O)/C=C/CCCCCCCCCCCCCCCCCCCCCCCCCCC. The molecule has 0 radical (unpaired) electrons. The van der Waals surface area contributed by atoms with Crippen molar-refractivity contribution in [3.63, 3.8) is 0 Å². The molecule has 0 saturated heterocycles. The van der Waals surface area contributed by atoms with Crippen molar-refractivity contribution in [2.75, 3.05) is 6.61 Å². The van der Waals surface area contributed by atoms with Gasteiger partial charge in [-0.2, -0.15) is 0 Å². The zero-order valence-electron chi connectivity index (χ0n) is 45.0. The van der Waals surface area contributed by atoms with Crippen molar-refractivity contribution in [1.29, 1.82) is 0 Å². The first-order valence-electron chi connectivity index (χ1n) is 30.2. The second kappa shape index (κ2) is 57.9. The highest BCUT2D eigenvalue weighted by Crippen LogP contribution is 2.18. The Kier molecular flexibility index (Phi) is 56.7. The quantitative estimate of drug-likeness (QED) is 0.0420. The largest absolute Gasteiger partial charge is 0.394 e. The van der Waals surface area contributed by atoms with E-state index in [0.29, 0.717) is 6.42 Å². The molecule has 0 rings (SSSR count). The molecule has 4 heteroatoms. The van der Waals surface area contributed by atoms with Crippen LogP contribution in [-0.2, 0) is 4.79 Å². The van der Waals surface area contributed by atoms with Crippen molar-refractivity contribution >= 4 is 5.91 Å². The number of allylic oxidation sites excluding steroid dienone is 5. The van der Waals surface area contributed by atoms with Gasteiger partial charge in [0.15, 0.2) is 0 Å². The van der Waals surface area contributed by atoms with E-state index in [2.05, 4.69) is 43.5 Å². The van der Waals surface area contributed by atoms with Gasteiger partial charge in [0.05, 0.1) is 18.8 Å². The number of nitrogens with one attached hydrogen (secondary N) is 1. The predicted octanol–water partition coefficient (Wildman–Crippen LogP) is 20.0. The molecule has 0 aliphatic heterocycles. The number of aliphatic hydroxyl groups is 2. The topological polar surface area (TPSA) is 69.6 Å². The van der Waals surface area contributed by atoms with E-state index in [1.165, 1.54) is 283 Å². The Bertz CT molecular complexity index is 1010. The molecular formula is C62H119NO3. The Morgan fingerprint density at radius 3 is 0.909 bits per heavy atom. The lowest BCUT2D eigenvalue weighted by Gasteiger charge is -2.20. The molecule has 1 amide bonds. The Morgan fingerprint density at radius 1 is 0.364 bits per heavy atom. The first kappa shape index (κ1) is 64.6. The van der Waals surface area contributed by atoms with Crippen LogP contribution in [0.3, 0.4) is 0 Å².